The maximum atomic E-state index is 11.8. The van der Waals surface area contributed by atoms with E-state index in [-0.39, 0.29) is 43.6 Å². The van der Waals surface area contributed by atoms with Crippen LogP contribution in [0, 0.1) is 0 Å². The first kappa shape index (κ1) is 14.5. The monoisotopic (exact) mass is 321 g/mol. The summed E-state index contributed by atoms with van der Waals surface area (Å²) in [4.78, 5) is 36.1. The van der Waals surface area contributed by atoms with Gasteiger partial charge in [-0.25, -0.2) is 4.79 Å². The average molecular weight is 322 g/mol. The molecule has 0 bridgehead atoms. The second-order valence-corrected chi connectivity index (χ2v) is 5.25. The van der Waals surface area contributed by atoms with Gasteiger partial charge in [0.05, 0.1) is 5.02 Å². The van der Waals surface area contributed by atoms with Gasteiger partial charge in [-0.3, -0.25) is 23.6 Å². The highest BCUT2D eigenvalue weighted by Crippen LogP contribution is 2.25. The Bertz CT molecular complexity index is 779. The summed E-state index contributed by atoms with van der Waals surface area (Å²) >= 11 is 6.10. The lowest BCUT2D eigenvalue weighted by Gasteiger charge is -2.14. The fourth-order valence-corrected chi connectivity index (χ4v) is 2.59. The molecule has 0 spiro atoms. The molecular weight excluding hydrogens is 310 g/mol. The highest BCUT2D eigenvalue weighted by atomic mass is 35.5. The molecule has 0 unspecified atom stereocenters. The van der Waals surface area contributed by atoms with Crippen LogP contribution in [0.3, 0.4) is 0 Å². The number of carbonyl (C=O) groups excluding carboxylic acids is 2. The van der Waals surface area contributed by atoms with Crippen LogP contribution >= 0.6 is 11.6 Å². The second kappa shape index (κ2) is 5.76. The Morgan fingerprint density at radius 2 is 1.77 bits per heavy atom. The summed E-state index contributed by atoms with van der Waals surface area (Å²) in [7, 11) is 0. The van der Waals surface area contributed by atoms with Crippen LogP contribution in [0.5, 0.6) is 0 Å². The molecule has 114 valence electrons. The molecule has 8 heteroatoms. The van der Waals surface area contributed by atoms with Gasteiger partial charge in [0.2, 0.25) is 11.8 Å². The van der Waals surface area contributed by atoms with Crippen molar-refractivity contribution in [1.29, 1.82) is 0 Å². The molecule has 1 saturated heterocycles. The van der Waals surface area contributed by atoms with E-state index >= 15 is 0 Å². The minimum absolute atomic E-state index is 0.107. The van der Waals surface area contributed by atoms with E-state index in [2.05, 4.69) is 9.68 Å². The number of amides is 2. The van der Waals surface area contributed by atoms with Crippen molar-refractivity contribution in [3.8, 4) is 11.4 Å². The Labute approximate surface area is 130 Å². The molecule has 22 heavy (non-hydrogen) atoms. The van der Waals surface area contributed by atoms with E-state index in [4.69, 9.17) is 11.6 Å². The average Bonchev–Trinajstić information content (AvgIpc) is 3.01. The predicted molar refractivity (Wildman–Crippen MR) is 77.2 cm³/mol. The third-order valence-corrected chi connectivity index (χ3v) is 3.83. The van der Waals surface area contributed by atoms with Gasteiger partial charge in [-0.15, -0.1) is 0 Å². The zero-order chi connectivity index (χ0) is 15.7. The zero-order valence-electron chi connectivity index (χ0n) is 11.5. The lowest BCUT2D eigenvalue weighted by Crippen LogP contribution is -2.34. The molecule has 1 aliphatic rings. The van der Waals surface area contributed by atoms with Gasteiger partial charge in [-0.2, -0.15) is 0 Å². The number of carbonyl (C=O) groups is 2. The SMILES string of the molecule is O=C1CCC(=O)N1CCn1c(-c2ccccc2Cl)noc1=O. The lowest BCUT2D eigenvalue weighted by molar-refractivity contribution is -0.138. The van der Waals surface area contributed by atoms with Crippen molar-refractivity contribution in [1.82, 2.24) is 14.6 Å². The third kappa shape index (κ3) is 2.55. The molecule has 2 heterocycles. The Morgan fingerprint density at radius 1 is 1.09 bits per heavy atom. The van der Waals surface area contributed by atoms with Gasteiger partial charge < -0.3 is 0 Å². The maximum Gasteiger partial charge on any atom is 0.441 e. The van der Waals surface area contributed by atoms with Crippen LogP contribution in [0.1, 0.15) is 12.8 Å². The van der Waals surface area contributed by atoms with Crippen LogP contribution in [0.4, 0.5) is 0 Å². The van der Waals surface area contributed by atoms with E-state index in [0.29, 0.717) is 10.6 Å². The number of aromatic nitrogens is 2. The molecular formula is C14H12ClN3O4. The number of likely N-dealkylation sites (tertiary alicyclic amines) is 1. The number of imide groups is 1. The Hall–Kier alpha value is -2.41. The lowest BCUT2D eigenvalue weighted by atomic mass is 10.2. The zero-order valence-corrected chi connectivity index (χ0v) is 12.2. The van der Waals surface area contributed by atoms with E-state index < -0.39 is 5.76 Å². The van der Waals surface area contributed by atoms with Crippen LogP contribution in [0.2, 0.25) is 5.02 Å². The third-order valence-electron chi connectivity index (χ3n) is 3.50. The van der Waals surface area contributed by atoms with Crippen LogP contribution in [0.15, 0.2) is 33.6 Å². The van der Waals surface area contributed by atoms with Crippen molar-refractivity contribution < 1.29 is 14.1 Å². The predicted octanol–water partition coefficient (Wildman–Crippen LogP) is 1.31. The van der Waals surface area contributed by atoms with E-state index in [1.807, 2.05) is 0 Å². The largest absolute Gasteiger partial charge is 0.441 e. The summed E-state index contributed by atoms with van der Waals surface area (Å²) in [6, 6.07) is 6.91. The first-order valence-electron chi connectivity index (χ1n) is 6.72. The summed E-state index contributed by atoms with van der Waals surface area (Å²) in [5, 5.41) is 4.16. The molecule has 0 saturated carbocycles. The van der Waals surface area contributed by atoms with Gasteiger partial charge in [-0.1, -0.05) is 28.9 Å². The molecule has 1 aliphatic heterocycles. The quantitative estimate of drug-likeness (QED) is 0.792. The van der Waals surface area contributed by atoms with Crippen molar-refractivity contribution in [2.24, 2.45) is 0 Å². The Balaban J connectivity index is 1.87. The molecule has 7 nitrogen and oxygen atoms in total. The molecule has 0 atom stereocenters. The summed E-state index contributed by atoms with van der Waals surface area (Å²) in [6.45, 7) is 0.219. The molecule has 3 rings (SSSR count). The molecule has 1 aromatic heterocycles. The number of rotatable bonds is 4. The Kier molecular flexibility index (Phi) is 3.81. The number of benzene rings is 1. The van der Waals surface area contributed by atoms with E-state index in [1.54, 1.807) is 24.3 Å². The van der Waals surface area contributed by atoms with Crippen molar-refractivity contribution in [3.05, 3.63) is 39.8 Å². The number of halogens is 1. The molecule has 2 aromatic rings. The highest BCUT2D eigenvalue weighted by molar-refractivity contribution is 6.33. The van der Waals surface area contributed by atoms with Crippen molar-refractivity contribution in [2.75, 3.05) is 6.54 Å². The smallest absolute Gasteiger partial charge is 0.295 e. The first-order chi connectivity index (χ1) is 10.6. The summed E-state index contributed by atoms with van der Waals surface area (Å²) in [5.41, 5.74) is 0.550. The summed E-state index contributed by atoms with van der Waals surface area (Å²) < 4.78 is 5.95. The van der Waals surface area contributed by atoms with Crippen LogP contribution in [-0.4, -0.2) is 33.0 Å². The minimum atomic E-state index is -0.658. The fraction of sp³-hybridized carbons (Fsp3) is 0.286. The van der Waals surface area contributed by atoms with Gasteiger partial charge >= 0.3 is 5.76 Å². The Morgan fingerprint density at radius 3 is 2.45 bits per heavy atom. The molecule has 2 amide bonds. The van der Waals surface area contributed by atoms with Gasteiger partial charge in [0.15, 0.2) is 5.82 Å². The fourth-order valence-electron chi connectivity index (χ4n) is 2.37. The topological polar surface area (TPSA) is 85.4 Å². The summed E-state index contributed by atoms with van der Waals surface area (Å²) in [6.07, 6.45) is 0.434. The maximum absolute atomic E-state index is 11.8. The number of hydrogen-bond donors (Lipinski definition) is 0. The number of nitrogens with zero attached hydrogens (tertiary/aromatic N) is 3. The van der Waals surface area contributed by atoms with E-state index in [1.165, 1.54) is 4.57 Å². The van der Waals surface area contributed by atoms with Crippen molar-refractivity contribution >= 4 is 23.4 Å². The highest BCUT2D eigenvalue weighted by Gasteiger charge is 2.29. The van der Waals surface area contributed by atoms with Gasteiger partial charge in [0, 0.05) is 31.5 Å². The molecule has 1 fully saturated rings. The normalized spacial score (nSPS) is 14.9. The number of hydrogen-bond acceptors (Lipinski definition) is 5. The standard InChI is InChI=1S/C14H12ClN3O4/c15-10-4-2-1-3-9(10)13-16-22-14(21)18(13)8-7-17-11(19)5-6-12(17)20/h1-4H,5-8H2. The molecule has 0 aliphatic carbocycles. The van der Waals surface area contributed by atoms with E-state index in [0.717, 1.165) is 4.90 Å². The van der Waals surface area contributed by atoms with Crippen molar-refractivity contribution in [3.63, 3.8) is 0 Å². The van der Waals surface area contributed by atoms with E-state index in [9.17, 15) is 14.4 Å². The molecule has 1 aromatic carbocycles. The minimum Gasteiger partial charge on any atom is -0.295 e. The second-order valence-electron chi connectivity index (χ2n) is 4.84. The molecule has 0 N–H and O–H groups in total. The van der Waals surface area contributed by atoms with Gasteiger partial charge in [0.25, 0.3) is 0 Å². The summed E-state index contributed by atoms with van der Waals surface area (Å²) in [5.74, 6) is -0.841. The van der Waals surface area contributed by atoms with Gasteiger partial charge in [0.1, 0.15) is 0 Å². The van der Waals surface area contributed by atoms with Crippen LogP contribution in [0.25, 0.3) is 11.4 Å². The van der Waals surface area contributed by atoms with Crippen LogP contribution < -0.4 is 5.76 Å². The van der Waals surface area contributed by atoms with Crippen molar-refractivity contribution in [2.45, 2.75) is 19.4 Å². The first-order valence-corrected chi connectivity index (χ1v) is 7.10. The van der Waals surface area contributed by atoms with Gasteiger partial charge in [-0.05, 0) is 12.1 Å². The molecule has 0 radical (unpaired) electrons. The van der Waals surface area contributed by atoms with Crippen LogP contribution in [-0.2, 0) is 16.1 Å².